The highest BCUT2D eigenvalue weighted by Crippen LogP contribution is 2.24. The fourth-order valence-electron chi connectivity index (χ4n) is 2.85. The minimum absolute atomic E-state index is 0.00611. The molecule has 0 fully saturated rings. The molecule has 1 unspecified atom stereocenters. The molecule has 156 valence electrons. The van der Waals surface area contributed by atoms with Crippen molar-refractivity contribution in [1.82, 2.24) is 10.3 Å². The molecule has 0 saturated carbocycles. The number of thiazole rings is 1. The third-order valence-electron chi connectivity index (χ3n) is 4.94. The Morgan fingerprint density at radius 2 is 1.90 bits per heavy atom. The zero-order valence-corrected chi connectivity index (χ0v) is 18.4. The van der Waals surface area contributed by atoms with Crippen LogP contribution in [0.25, 0.3) is 10.6 Å². The highest BCUT2D eigenvalue weighted by Gasteiger charge is 2.11. The van der Waals surface area contributed by atoms with E-state index in [1.807, 2.05) is 55.6 Å². The highest BCUT2D eigenvalue weighted by molar-refractivity contribution is 7.13. The Balaban J connectivity index is 1.53. The molecule has 5 nitrogen and oxygen atoms in total. The second kappa shape index (κ2) is 10.2. The number of carbonyl (C=O) groups is 2. The number of hydrogen-bond acceptors (Lipinski definition) is 4. The van der Waals surface area contributed by atoms with Crippen molar-refractivity contribution in [2.24, 2.45) is 5.92 Å². The number of aromatic nitrogens is 1. The van der Waals surface area contributed by atoms with E-state index in [9.17, 15) is 9.59 Å². The van der Waals surface area contributed by atoms with E-state index < -0.39 is 0 Å². The van der Waals surface area contributed by atoms with E-state index in [1.54, 1.807) is 11.3 Å². The Kier molecular flexibility index (Phi) is 7.36. The van der Waals surface area contributed by atoms with Crippen LogP contribution in [0.5, 0.6) is 0 Å². The van der Waals surface area contributed by atoms with Crippen molar-refractivity contribution in [2.45, 2.75) is 40.2 Å². The smallest absolute Gasteiger partial charge is 0.227 e. The average Bonchev–Trinajstić information content (AvgIpc) is 3.20. The van der Waals surface area contributed by atoms with Gasteiger partial charge >= 0.3 is 0 Å². The van der Waals surface area contributed by atoms with Gasteiger partial charge in [-0.3, -0.25) is 9.59 Å². The Bertz CT molecular complexity index is 1010. The maximum atomic E-state index is 12.4. The van der Waals surface area contributed by atoms with E-state index in [4.69, 9.17) is 0 Å². The zero-order valence-electron chi connectivity index (χ0n) is 17.6. The predicted octanol–water partition coefficient (Wildman–Crippen LogP) is 4.96. The molecule has 30 heavy (non-hydrogen) atoms. The van der Waals surface area contributed by atoms with Gasteiger partial charge in [-0.2, -0.15) is 0 Å². The number of carbonyl (C=O) groups excluding carboxylic acids is 2. The summed E-state index contributed by atoms with van der Waals surface area (Å²) in [7, 11) is 0. The minimum Gasteiger partial charge on any atom is -0.352 e. The first kappa shape index (κ1) is 21.7. The van der Waals surface area contributed by atoms with Crippen molar-refractivity contribution in [3.8, 4) is 10.6 Å². The number of amides is 2. The summed E-state index contributed by atoms with van der Waals surface area (Å²) in [6.07, 6.45) is 1.04. The molecule has 1 aromatic heterocycles. The van der Waals surface area contributed by atoms with Gasteiger partial charge in [0.2, 0.25) is 11.8 Å². The monoisotopic (exact) mass is 421 g/mol. The molecule has 1 heterocycles. The van der Waals surface area contributed by atoms with Crippen LogP contribution >= 0.6 is 11.3 Å². The van der Waals surface area contributed by atoms with Crippen LogP contribution in [0.2, 0.25) is 0 Å². The zero-order chi connectivity index (χ0) is 21.5. The third kappa shape index (κ3) is 6.00. The number of hydrogen-bond donors (Lipinski definition) is 2. The minimum atomic E-state index is -0.0789. The lowest BCUT2D eigenvalue weighted by atomic mass is 10.1. The lowest BCUT2D eigenvalue weighted by molar-refractivity contribution is -0.121. The molecule has 0 radical (unpaired) electrons. The largest absolute Gasteiger partial charge is 0.352 e. The number of aryl methyl sites for hydroxylation is 1. The van der Waals surface area contributed by atoms with Gasteiger partial charge in [-0.25, -0.2) is 4.98 Å². The quantitative estimate of drug-likeness (QED) is 0.540. The van der Waals surface area contributed by atoms with E-state index in [2.05, 4.69) is 34.7 Å². The SMILES string of the molecule is CCC(C)C(=O)Nc1cccc(CNC(=O)Cc2csc(-c3ccc(C)cc3)n2)c1. The lowest BCUT2D eigenvalue weighted by Gasteiger charge is -2.11. The molecular weight excluding hydrogens is 394 g/mol. The first-order valence-electron chi connectivity index (χ1n) is 10.1. The number of anilines is 1. The van der Waals surface area contributed by atoms with Crippen LogP contribution in [0, 0.1) is 12.8 Å². The molecule has 0 saturated heterocycles. The fraction of sp³-hybridized carbons (Fsp3) is 0.292. The molecule has 0 aliphatic rings. The summed E-state index contributed by atoms with van der Waals surface area (Å²) in [5.74, 6) is -0.104. The van der Waals surface area contributed by atoms with E-state index in [0.717, 1.165) is 33.9 Å². The van der Waals surface area contributed by atoms with Crippen molar-refractivity contribution >= 4 is 28.8 Å². The van der Waals surface area contributed by atoms with Gasteiger partial charge in [0.25, 0.3) is 0 Å². The normalized spacial score (nSPS) is 11.7. The fourth-order valence-corrected chi connectivity index (χ4v) is 3.68. The van der Waals surface area contributed by atoms with E-state index >= 15 is 0 Å². The Morgan fingerprint density at radius 1 is 1.13 bits per heavy atom. The molecule has 2 aromatic carbocycles. The van der Waals surface area contributed by atoms with Crippen LogP contribution in [0.1, 0.15) is 37.1 Å². The Labute approximate surface area is 181 Å². The average molecular weight is 422 g/mol. The molecule has 2 N–H and O–H groups in total. The summed E-state index contributed by atoms with van der Waals surface area (Å²) >= 11 is 1.55. The van der Waals surface area contributed by atoms with Crippen molar-refractivity contribution in [2.75, 3.05) is 5.32 Å². The molecule has 6 heteroatoms. The molecular formula is C24H27N3O2S. The van der Waals surface area contributed by atoms with Crippen molar-refractivity contribution in [1.29, 1.82) is 0 Å². The summed E-state index contributed by atoms with van der Waals surface area (Å²) in [6, 6.07) is 15.8. The molecule has 3 rings (SSSR count). The van der Waals surface area contributed by atoms with Crippen LogP contribution in [0.3, 0.4) is 0 Å². The van der Waals surface area contributed by atoms with Gasteiger partial charge in [-0.1, -0.05) is 55.8 Å². The molecule has 0 spiro atoms. The standard InChI is InChI=1S/C24H27N3O2S/c1-4-17(3)23(29)26-20-7-5-6-18(12-20)14-25-22(28)13-21-15-30-24(27-21)19-10-8-16(2)9-11-19/h5-12,15,17H,4,13-14H2,1-3H3,(H,25,28)(H,26,29). The molecule has 0 aliphatic heterocycles. The van der Waals surface area contributed by atoms with Crippen molar-refractivity contribution in [3.63, 3.8) is 0 Å². The van der Waals surface area contributed by atoms with Gasteiger partial charge in [-0.05, 0) is 31.0 Å². The van der Waals surface area contributed by atoms with Gasteiger partial charge in [0, 0.05) is 29.1 Å². The second-order valence-corrected chi connectivity index (χ2v) is 8.32. The number of nitrogens with zero attached hydrogens (tertiary/aromatic N) is 1. The topological polar surface area (TPSA) is 71.1 Å². The van der Waals surface area contributed by atoms with Gasteiger partial charge < -0.3 is 10.6 Å². The summed E-state index contributed by atoms with van der Waals surface area (Å²) in [4.78, 5) is 29.0. The molecule has 0 bridgehead atoms. The summed E-state index contributed by atoms with van der Waals surface area (Å²) in [5, 5.41) is 8.70. The summed E-state index contributed by atoms with van der Waals surface area (Å²) in [6.45, 7) is 6.35. The van der Waals surface area contributed by atoms with Gasteiger partial charge in [-0.15, -0.1) is 11.3 Å². The van der Waals surface area contributed by atoms with Crippen molar-refractivity contribution < 1.29 is 9.59 Å². The summed E-state index contributed by atoms with van der Waals surface area (Å²) in [5.41, 5.74) is 4.72. The highest BCUT2D eigenvalue weighted by atomic mass is 32.1. The van der Waals surface area contributed by atoms with Crippen LogP contribution in [0.15, 0.2) is 53.9 Å². The Hall–Kier alpha value is -2.99. The molecule has 2 amide bonds. The molecule has 0 aliphatic carbocycles. The number of nitrogens with one attached hydrogen (secondary N) is 2. The molecule has 1 atom stereocenters. The van der Waals surface area contributed by atoms with E-state index in [-0.39, 0.29) is 24.2 Å². The number of rotatable bonds is 8. The van der Waals surface area contributed by atoms with Crippen LogP contribution < -0.4 is 10.6 Å². The van der Waals surface area contributed by atoms with E-state index in [1.165, 1.54) is 5.56 Å². The molecule has 3 aromatic rings. The first-order chi connectivity index (χ1) is 14.4. The predicted molar refractivity (Wildman–Crippen MR) is 122 cm³/mol. The van der Waals surface area contributed by atoms with Gasteiger partial charge in [0.15, 0.2) is 0 Å². The van der Waals surface area contributed by atoms with Gasteiger partial charge in [0.1, 0.15) is 5.01 Å². The number of benzene rings is 2. The first-order valence-corrected chi connectivity index (χ1v) is 11.0. The maximum absolute atomic E-state index is 12.4. The second-order valence-electron chi connectivity index (χ2n) is 7.46. The lowest BCUT2D eigenvalue weighted by Crippen LogP contribution is -2.25. The van der Waals surface area contributed by atoms with Gasteiger partial charge in [0.05, 0.1) is 12.1 Å². The van der Waals surface area contributed by atoms with Crippen LogP contribution in [-0.4, -0.2) is 16.8 Å². The van der Waals surface area contributed by atoms with Crippen LogP contribution in [-0.2, 0) is 22.6 Å². The summed E-state index contributed by atoms with van der Waals surface area (Å²) < 4.78 is 0. The third-order valence-corrected chi connectivity index (χ3v) is 5.88. The van der Waals surface area contributed by atoms with Crippen molar-refractivity contribution in [3.05, 3.63) is 70.7 Å². The van der Waals surface area contributed by atoms with Crippen LogP contribution in [0.4, 0.5) is 5.69 Å². The Morgan fingerprint density at radius 3 is 2.63 bits per heavy atom. The van der Waals surface area contributed by atoms with E-state index in [0.29, 0.717) is 6.54 Å². The maximum Gasteiger partial charge on any atom is 0.227 e.